The average molecular weight is 261 g/mol. The van der Waals surface area contributed by atoms with E-state index in [-0.39, 0.29) is 17.5 Å². The maximum Gasteiger partial charge on any atom is 0.189 e. The van der Waals surface area contributed by atoms with Crippen LogP contribution in [0.15, 0.2) is 59.7 Å². The summed E-state index contributed by atoms with van der Waals surface area (Å²) >= 11 is 5.81. The first-order valence-electron chi connectivity index (χ1n) is 5.71. The molecule has 1 N–H and O–H groups in total. The number of benzene rings is 1. The molecule has 0 radical (unpaired) electrons. The third-order valence-electron chi connectivity index (χ3n) is 2.75. The number of hydrogen-bond acceptors (Lipinski definition) is 2. The Morgan fingerprint density at radius 3 is 2.83 bits per heavy atom. The van der Waals surface area contributed by atoms with Crippen molar-refractivity contribution in [1.29, 1.82) is 0 Å². The molecule has 3 heteroatoms. The van der Waals surface area contributed by atoms with E-state index in [1.807, 2.05) is 24.3 Å². The highest BCUT2D eigenvalue weighted by Crippen LogP contribution is 2.21. The Bertz CT molecular complexity index is 541. The van der Waals surface area contributed by atoms with E-state index in [2.05, 4.69) is 0 Å². The van der Waals surface area contributed by atoms with Crippen LogP contribution in [0.5, 0.6) is 5.75 Å². The van der Waals surface area contributed by atoms with E-state index in [0.29, 0.717) is 5.56 Å². The maximum absolute atomic E-state index is 11.9. The van der Waals surface area contributed by atoms with Gasteiger partial charge in [0.05, 0.1) is 5.56 Å². The average Bonchev–Trinajstić information content (AvgIpc) is 2.38. The van der Waals surface area contributed by atoms with Gasteiger partial charge in [-0.3, -0.25) is 4.79 Å². The van der Waals surface area contributed by atoms with Gasteiger partial charge in [0.25, 0.3) is 0 Å². The van der Waals surface area contributed by atoms with E-state index in [9.17, 15) is 9.90 Å². The number of halogens is 1. The molecular formula is C15H13ClO2. The van der Waals surface area contributed by atoms with Crippen molar-refractivity contribution in [3.63, 3.8) is 0 Å². The smallest absolute Gasteiger partial charge is 0.189 e. The molecule has 0 saturated carbocycles. The molecule has 18 heavy (non-hydrogen) atoms. The Hall–Kier alpha value is -1.80. The minimum Gasteiger partial charge on any atom is -0.507 e. The van der Waals surface area contributed by atoms with Crippen LogP contribution in [0, 0.1) is 5.92 Å². The molecule has 1 aromatic rings. The number of phenols is 1. The van der Waals surface area contributed by atoms with Crippen LogP contribution in [0.2, 0.25) is 0 Å². The Morgan fingerprint density at radius 2 is 2.17 bits per heavy atom. The fourth-order valence-electron chi connectivity index (χ4n) is 1.74. The van der Waals surface area contributed by atoms with E-state index in [0.717, 1.165) is 11.5 Å². The normalized spacial score (nSPS) is 18.9. The third kappa shape index (κ3) is 3.11. The third-order valence-corrected chi connectivity index (χ3v) is 3.03. The number of ketones is 1. The van der Waals surface area contributed by atoms with E-state index in [1.54, 1.807) is 18.2 Å². The zero-order valence-electron chi connectivity index (χ0n) is 9.71. The van der Waals surface area contributed by atoms with Gasteiger partial charge in [0.2, 0.25) is 0 Å². The van der Waals surface area contributed by atoms with E-state index in [1.165, 1.54) is 12.1 Å². The fraction of sp³-hybridized carbons (Fsp3) is 0.133. The van der Waals surface area contributed by atoms with Crippen LogP contribution in [0.3, 0.4) is 0 Å². The molecule has 1 aliphatic carbocycles. The van der Waals surface area contributed by atoms with E-state index < -0.39 is 0 Å². The molecule has 1 aromatic carbocycles. The first-order valence-corrected chi connectivity index (χ1v) is 6.09. The number of hydrogen-bond donors (Lipinski definition) is 1. The molecule has 2 nitrogen and oxygen atoms in total. The summed E-state index contributed by atoms with van der Waals surface area (Å²) < 4.78 is 0. The maximum atomic E-state index is 11.9. The highest BCUT2D eigenvalue weighted by atomic mass is 35.5. The predicted octanol–water partition coefficient (Wildman–Crippen LogP) is 3.83. The molecule has 0 saturated heterocycles. The Labute approximate surface area is 111 Å². The van der Waals surface area contributed by atoms with Gasteiger partial charge in [0.1, 0.15) is 5.75 Å². The Morgan fingerprint density at radius 1 is 1.39 bits per heavy atom. The predicted molar refractivity (Wildman–Crippen MR) is 72.8 cm³/mol. The molecule has 0 fully saturated rings. The number of carbonyl (C=O) groups is 1. The van der Waals surface area contributed by atoms with E-state index >= 15 is 0 Å². The van der Waals surface area contributed by atoms with Gasteiger partial charge in [-0.05, 0) is 36.6 Å². The zero-order chi connectivity index (χ0) is 13.0. The van der Waals surface area contributed by atoms with Crippen molar-refractivity contribution in [2.45, 2.75) is 6.42 Å². The van der Waals surface area contributed by atoms with Gasteiger partial charge in [-0.25, -0.2) is 0 Å². The second kappa shape index (κ2) is 5.69. The second-order valence-electron chi connectivity index (χ2n) is 4.09. The van der Waals surface area contributed by atoms with Crippen LogP contribution < -0.4 is 0 Å². The summed E-state index contributed by atoms with van der Waals surface area (Å²) in [4.78, 5) is 11.9. The monoisotopic (exact) mass is 260 g/mol. The highest BCUT2D eigenvalue weighted by Gasteiger charge is 2.08. The lowest BCUT2D eigenvalue weighted by atomic mass is 9.99. The zero-order valence-corrected chi connectivity index (χ0v) is 10.5. The van der Waals surface area contributed by atoms with Gasteiger partial charge in [0, 0.05) is 5.03 Å². The SMILES string of the molecule is O=C(C=CC1C=CC(Cl)=CC1)c1ccccc1O. The number of rotatable bonds is 3. The summed E-state index contributed by atoms with van der Waals surface area (Å²) in [5.74, 6) is -0.00117. The highest BCUT2D eigenvalue weighted by molar-refractivity contribution is 6.31. The molecule has 0 bridgehead atoms. The van der Waals surface area contributed by atoms with Crippen LogP contribution >= 0.6 is 11.6 Å². The number of allylic oxidation sites excluding steroid dienone is 6. The van der Waals surface area contributed by atoms with E-state index in [4.69, 9.17) is 11.6 Å². The molecular weight excluding hydrogens is 248 g/mol. The van der Waals surface area contributed by atoms with Crippen LogP contribution in [0.4, 0.5) is 0 Å². The minimum absolute atomic E-state index is 0.00859. The van der Waals surface area contributed by atoms with Gasteiger partial charge >= 0.3 is 0 Å². The second-order valence-corrected chi connectivity index (χ2v) is 4.52. The summed E-state index contributed by atoms with van der Waals surface area (Å²) in [6, 6.07) is 6.52. The Balaban J connectivity index is 2.05. The first kappa shape index (κ1) is 12.7. The lowest BCUT2D eigenvalue weighted by molar-refractivity contribution is 0.104. The summed E-state index contributed by atoms with van der Waals surface area (Å²) in [5, 5.41) is 10.3. The van der Waals surface area contributed by atoms with Gasteiger partial charge in [-0.2, -0.15) is 0 Å². The van der Waals surface area contributed by atoms with Crippen LogP contribution in [-0.4, -0.2) is 10.9 Å². The topological polar surface area (TPSA) is 37.3 Å². The number of phenolic OH excluding ortho intramolecular Hbond substituents is 1. The van der Waals surface area contributed by atoms with Crippen molar-refractivity contribution in [2.75, 3.05) is 0 Å². The molecule has 2 rings (SSSR count). The summed E-state index contributed by atoms with van der Waals surface area (Å²) in [5.41, 5.74) is 0.321. The van der Waals surface area contributed by atoms with Crippen molar-refractivity contribution in [1.82, 2.24) is 0 Å². The van der Waals surface area contributed by atoms with Crippen molar-refractivity contribution in [2.24, 2.45) is 5.92 Å². The van der Waals surface area contributed by atoms with Gasteiger partial charge in [-0.1, -0.05) is 42.0 Å². The first-order chi connectivity index (χ1) is 8.66. The van der Waals surface area contributed by atoms with Crippen molar-refractivity contribution in [3.8, 4) is 5.75 Å². The number of aromatic hydroxyl groups is 1. The fourth-order valence-corrected chi connectivity index (χ4v) is 1.90. The lowest BCUT2D eigenvalue weighted by Gasteiger charge is -2.08. The standard InChI is InChI=1S/C15H13ClO2/c16-12-8-5-11(6-9-12)7-10-15(18)13-3-1-2-4-14(13)17/h1-5,7-11,17H,6H2. The quantitative estimate of drug-likeness (QED) is 0.662. The lowest BCUT2D eigenvalue weighted by Crippen LogP contribution is -1.98. The van der Waals surface area contributed by atoms with Gasteiger partial charge in [0.15, 0.2) is 5.78 Å². The Kier molecular flexibility index (Phi) is 4.00. The van der Waals surface area contributed by atoms with Crippen molar-refractivity contribution < 1.29 is 9.90 Å². The summed E-state index contributed by atoms with van der Waals surface area (Å²) in [6.45, 7) is 0. The molecule has 1 atom stereocenters. The van der Waals surface area contributed by atoms with Crippen LogP contribution in [0.1, 0.15) is 16.8 Å². The molecule has 0 aromatic heterocycles. The molecule has 92 valence electrons. The largest absolute Gasteiger partial charge is 0.507 e. The molecule has 0 amide bonds. The molecule has 1 aliphatic rings. The minimum atomic E-state index is -0.192. The van der Waals surface area contributed by atoms with Gasteiger partial charge < -0.3 is 5.11 Å². The number of carbonyl (C=O) groups excluding carboxylic acids is 1. The molecule has 0 aliphatic heterocycles. The van der Waals surface area contributed by atoms with Crippen molar-refractivity contribution >= 4 is 17.4 Å². The summed E-state index contributed by atoms with van der Waals surface area (Å²) in [6.07, 6.45) is 9.81. The molecule has 0 spiro atoms. The van der Waals surface area contributed by atoms with Crippen molar-refractivity contribution in [3.05, 3.63) is 65.2 Å². The molecule has 1 unspecified atom stereocenters. The van der Waals surface area contributed by atoms with Crippen LogP contribution in [-0.2, 0) is 0 Å². The summed E-state index contributed by atoms with van der Waals surface area (Å²) in [7, 11) is 0. The number of para-hydroxylation sites is 1. The van der Waals surface area contributed by atoms with Gasteiger partial charge in [-0.15, -0.1) is 0 Å². The van der Waals surface area contributed by atoms with Crippen LogP contribution in [0.25, 0.3) is 0 Å². The molecule has 0 heterocycles.